The molecule has 11 heteroatoms. The topological polar surface area (TPSA) is 167 Å². The highest BCUT2D eigenvalue weighted by Crippen LogP contribution is 2.42. The zero-order valence-corrected chi connectivity index (χ0v) is 30.7. The van der Waals surface area contributed by atoms with Gasteiger partial charge in [-0.15, -0.1) is 0 Å². The number of aliphatic hydroxyl groups is 3. The lowest BCUT2D eigenvalue weighted by Crippen LogP contribution is -2.60. The van der Waals surface area contributed by atoms with E-state index >= 15 is 0 Å². The van der Waals surface area contributed by atoms with E-state index in [1.165, 1.54) is 14.2 Å². The van der Waals surface area contributed by atoms with Gasteiger partial charge >= 0.3 is 11.9 Å². The summed E-state index contributed by atoms with van der Waals surface area (Å²) in [5.41, 5.74) is 7.26. The molecular formula is C37H61NO10. The van der Waals surface area contributed by atoms with Crippen molar-refractivity contribution in [2.75, 3.05) is 20.8 Å². The number of aliphatic hydroxyl groups excluding tert-OH is 2. The van der Waals surface area contributed by atoms with Gasteiger partial charge < -0.3 is 44.7 Å². The van der Waals surface area contributed by atoms with E-state index in [9.17, 15) is 24.9 Å². The Morgan fingerprint density at radius 1 is 1.12 bits per heavy atom. The van der Waals surface area contributed by atoms with Crippen LogP contribution in [0.1, 0.15) is 75.2 Å². The van der Waals surface area contributed by atoms with Crippen LogP contribution in [0.25, 0.3) is 0 Å². The fraction of sp³-hybridized carbons (Fsp3) is 0.730. The Bertz CT molecular complexity index is 1190. The normalized spacial score (nSPS) is 38.6. The van der Waals surface area contributed by atoms with Gasteiger partial charge in [-0.3, -0.25) is 4.79 Å². The van der Waals surface area contributed by atoms with E-state index in [-0.39, 0.29) is 42.4 Å². The van der Waals surface area contributed by atoms with Gasteiger partial charge in [0.1, 0.15) is 18.3 Å². The predicted octanol–water partition coefficient (Wildman–Crippen LogP) is 4.20. The van der Waals surface area contributed by atoms with Crippen LogP contribution in [0.15, 0.2) is 47.3 Å². The van der Waals surface area contributed by atoms with Crippen LogP contribution in [0.4, 0.5) is 0 Å². The van der Waals surface area contributed by atoms with E-state index in [2.05, 4.69) is 0 Å². The molecule has 0 spiro atoms. The Labute approximate surface area is 287 Å². The lowest BCUT2D eigenvalue weighted by Gasteiger charge is -2.50. The van der Waals surface area contributed by atoms with Crippen molar-refractivity contribution < 1.29 is 48.6 Å². The first-order chi connectivity index (χ1) is 22.4. The van der Waals surface area contributed by atoms with Crippen molar-refractivity contribution in [3.63, 3.8) is 0 Å². The summed E-state index contributed by atoms with van der Waals surface area (Å²) in [6, 6.07) is 0. The van der Waals surface area contributed by atoms with Crippen molar-refractivity contribution in [2.24, 2.45) is 41.2 Å². The minimum absolute atomic E-state index is 0.0235. The SMILES string of the molecule is CO/C1=C\C(C)=C\[C@@H](C)[C@@H](O)[C@@H](C)C/C(C)=C/C=C/[C@H](OC)[C@@H]([C@@H](C)[C@@H](O)[C@H](C)[C@@]2(O)C[C@@H](OC(=O)CN)[C@H](C)[C@@H](C(C)C)O2)OC1=O. The van der Waals surface area contributed by atoms with E-state index in [4.69, 9.17) is 29.4 Å². The molecule has 2 rings (SSSR count). The highest BCUT2D eigenvalue weighted by atomic mass is 16.6. The van der Waals surface area contributed by atoms with Gasteiger partial charge in [0.2, 0.25) is 5.76 Å². The quantitative estimate of drug-likeness (QED) is 0.258. The molecule has 48 heavy (non-hydrogen) atoms. The first-order valence-corrected chi connectivity index (χ1v) is 17.1. The van der Waals surface area contributed by atoms with Gasteiger partial charge in [0.15, 0.2) is 5.79 Å². The molecule has 11 nitrogen and oxygen atoms in total. The predicted molar refractivity (Wildman–Crippen MR) is 183 cm³/mol. The Morgan fingerprint density at radius 3 is 2.33 bits per heavy atom. The summed E-state index contributed by atoms with van der Waals surface area (Å²) >= 11 is 0. The molecule has 5 N–H and O–H groups in total. The van der Waals surface area contributed by atoms with Crippen LogP contribution in [0.2, 0.25) is 0 Å². The molecule has 12 atom stereocenters. The van der Waals surface area contributed by atoms with E-state index in [0.29, 0.717) is 12.0 Å². The molecule has 0 aromatic heterocycles. The number of carbonyl (C=O) groups excluding carboxylic acids is 2. The van der Waals surface area contributed by atoms with Crippen LogP contribution >= 0.6 is 0 Å². The molecule has 1 saturated heterocycles. The van der Waals surface area contributed by atoms with Crippen molar-refractivity contribution in [3.8, 4) is 0 Å². The van der Waals surface area contributed by atoms with Crippen LogP contribution in [-0.2, 0) is 33.3 Å². The molecule has 0 radical (unpaired) electrons. The van der Waals surface area contributed by atoms with Gasteiger partial charge in [0.25, 0.3) is 0 Å². The van der Waals surface area contributed by atoms with Gasteiger partial charge in [-0.25, -0.2) is 4.79 Å². The number of hydrogen-bond donors (Lipinski definition) is 4. The number of allylic oxidation sites excluding steroid dienone is 5. The van der Waals surface area contributed by atoms with Crippen LogP contribution in [0.5, 0.6) is 0 Å². The standard InChI is InChI=1S/C37H61NO10/c1-20(2)34-25(7)30(46-31(39)19-38)18-37(43,48-34)27(9)33(41)26(8)35-28(44-10)14-12-13-21(3)15-23(5)32(40)24(6)16-22(4)17-29(45-11)36(42)47-35/h12-14,16-17,20,23-28,30,32-35,40-41,43H,15,18-19,38H2,1-11H3/b14-12+,21-13+,22-16+,29-17-/t23-,24+,25-,26-,27-,28-,30+,32-,33+,34+,35+,37+/m0/s1. The summed E-state index contributed by atoms with van der Waals surface area (Å²) in [5.74, 6) is -5.49. The molecule has 0 aromatic rings. The second-order valence-corrected chi connectivity index (χ2v) is 14.2. The summed E-state index contributed by atoms with van der Waals surface area (Å²) < 4.78 is 29.2. The summed E-state index contributed by atoms with van der Waals surface area (Å²) in [6.07, 6.45) is 4.63. The molecule has 0 bridgehead atoms. The number of cyclic esters (lactones) is 1. The highest BCUT2D eigenvalue weighted by Gasteiger charge is 2.53. The summed E-state index contributed by atoms with van der Waals surface area (Å²) in [7, 11) is 2.85. The average Bonchev–Trinajstić information content (AvgIpc) is 3.03. The lowest BCUT2D eigenvalue weighted by molar-refractivity contribution is -0.329. The maximum absolute atomic E-state index is 13.6. The lowest BCUT2D eigenvalue weighted by atomic mass is 9.76. The minimum atomic E-state index is -1.88. The third-order valence-corrected chi connectivity index (χ3v) is 9.92. The molecule has 2 heterocycles. The monoisotopic (exact) mass is 679 g/mol. The fourth-order valence-corrected chi connectivity index (χ4v) is 6.89. The molecule has 0 saturated carbocycles. The van der Waals surface area contributed by atoms with E-state index in [1.54, 1.807) is 32.1 Å². The number of esters is 2. The zero-order valence-electron chi connectivity index (χ0n) is 30.7. The molecule has 2 aliphatic heterocycles. The molecule has 274 valence electrons. The van der Waals surface area contributed by atoms with Crippen LogP contribution < -0.4 is 5.73 Å². The van der Waals surface area contributed by atoms with Crippen molar-refractivity contribution in [1.82, 2.24) is 0 Å². The number of ether oxygens (including phenoxy) is 5. The van der Waals surface area contributed by atoms with Crippen molar-refractivity contribution in [2.45, 2.75) is 118 Å². The number of nitrogens with two attached hydrogens (primary N) is 1. The Morgan fingerprint density at radius 2 is 1.77 bits per heavy atom. The van der Waals surface area contributed by atoms with Gasteiger partial charge in [-0.2, -0.15) is 0 Å². The van der Waals surface area contributed by atoms with Gasteiger partial charge in [0, 0.05) is 37.2 Å². The number of hydrogen-bond acceptors (Lipinski definition) is 11. The third-order valence-electron chi connectivity index (χ3n) is 9.92. The molecule has 0 aromatic carbocycles. The van der Waals surface area contributed by atoms with Crippen molar-refractivity contribution in [1.29, 1.82) is 0 Å². The Kier molecular flexibility index (Phi) is 16.0. The zero-order chi connectivity index (χ0) is 36.5. The Balaban J connectivity index is 2.55. The number of rotatable bonds is 9. The Hall–Kier alpha value is -2.54. The highest BCUT2D eigenvalue weighted by molar-refractivity contribution is 5.87. The molecule has 0 aliphatic carbocycles. The number of methoxy groups -OCH3 is 2. The smallest absolute Gasteiger partial charge is 0.373 e. The van der Waals surface area contributed by atoms with Gasteiger partial charge in [0.05, 0.1) is 32.0 Å². The molecule has 1 fully saturated rings. The summed E-state index contributed by atoms with van der Waals surface area (Å²) in [6.45, 7) is 16.6. The largest absolute Gasteiger partial charge is 0.490 e. The first-order valence-electron chi connectivity index (χ1n) is 17.1. The van der Waals surface area contributed by atoms with Crippen molar-refractivity contribution >= 4 is 11.9 Å². The summed E-state index contributed by atoms with van der Waals surface area (Å²) in [4.78, 5) is 25.8. The fourth-order valence-electron chi connectivity index (χ4n) is 6.89. The molecular weight excluding hydrogens is 618 g/mol. The van der Waals surface area contributed by atoms with Crippen molar-refractivity contribution in [3.05, 3.63) is 47.3 Å². The van der Waals surface area contributed by atoms with Gasteiger partial charge in [-0.05, 0) is 38.2 Å². The van der Waals surface area contributed by atoms with Crippen LogP contribution in [-0.4, -0.2) is 90.4 Å². The first kappa shape index (κ1) is 41.6. The number of carbonyl (C=O) groups is 2. The van der Waals surface area contributed by atoms with E-state index in [1.807, 2.05) is 60.6 Å². The van der Waals surface area contributed by atoms with E-state index < -0.39 is 66.2 Å². The van der Waals surface area contributed by atoms with Crippen LogP contribution in [0.3, 0.4) is 0 Å². The van der Waals surface area contributed by atoms with E-state index in [0.717, 1.165) is 5.57 Å². The third kappa shape index (κ3) is 10.7. The summed E-state index contributed by atoms with van der Waals surface area (Å²) in [5, 5.41) is 34.8. The molecule has 0 unspecified atom stereocenters. The molecule has 2 aliphatic rings. The molecule has 0 amide bonds. The minimum Gasteiger partial charge on any atom is -0.490 e. The van der Waals surface area contributed by atoms with Gasteiger partial charge in [-0.1, -0.05) is 83.9 Å². The second kappa shape index (κ2) is 18.5. The maximum atomic E-state index is 13.6. The van der Waals surface area contributed by atoms with Crippen LogP contribution in [0, 0.1) is 35.5 Å². The average molecular weight is 680 g/mol. The maximum Gasteiger partial charge on any atom is 0.373 e. The second-order valence-electron chi connectivity index (χ2n) is 14.2.